The maximum Gasteiger partial charge on any atom is 0.161 e. The number of rotatable bonds is 2. The maximum absolute atomic E-state index is 13.3. The van der Waals surface area contributed by atoms with Crippen LogP contribution in [0.4, 0.5) is 10.1 Å². The van der Waals surface area contributed by atoms with Crippen LogP contribution in [0.15, 0.2) is 23.2 Å². The molecule has 1 N–H and O–H groups in total. The number of hydrogen-bond acceptors (Lipinski definition) is 3. The van der Waals surface area contributed by atoms with Gasteiger partial charge in [-0.2, -0.15) is 0 Å². The Bertz CT molecular complexity index is 478. The van der Waals surface area contributed by atoms with Crippen LogP contribution in [0, 0.1) is 5.82 Å². The largest absolute Gasteiger partial charge is 0.335 e. The average molecular weight is 287 g/mol. The Hall–Kier alpha value is -0.740. The highest BCUT2D eigenvalue weighted by Crippen LogP contribution is 2.30. The lowest BCUT2D eigenvalue weighted by molar-refractivity contribution is 0.443. The second kappa shape index (κ2) is 5.49. The van der Waals surface area contributed by atoms with Gasteiger partial charge in [-0.1, -0.05) is 30.3 Å². The summed E-state index contributed by atoms with van der Waals surface area (Å²) < 4.78 is 13.3. The zero-order valence-electron chi connectivity index (χ0n) is 10.5. The van der Waals surface area contributed by atoms with Gasteiger partial charge in [0.1, 0.15) is 5.82 Å². The van der Waals surface area contributed by atoms with Crippen molar-refractivity contribution in [2.45, 2.75) is 32.2 Å². The third-order valence-electron chi connectivity index (χ3n) is 3.18. The minimum atomic E-state index is -0.415. The van der Waals surface area contributed by atoms with Crippen LogP contribution >= 0.6 is 23.4 Å². The van der Waals surface area contributed by atoms with Gasteiger partial charge in [-0.3, -0.25) is 4.99 Å². The van der Waals surface area contributed by atoms with Gasteiger partial charge in [0.15, 0.2) is 5.17 Å². The van der Waals surface area contributed by atoms with E-state index in [2.05, 4.69) is 19.2 Å². The highest BCUT2D eigenvalue weighted by Gasteiger charge is 2.25. The fourth-order valence-corrected chi connectivity index (χ4v) is 3.05. The Kier molecular flexibility index (Phi) is 4.17. The number of hydrogen-bond donors (Lipinski definition) is 1. The smallest absolute Gasteiger partial charge is 0.161 e. The summed E-state index contributed by atoms with van der Waals surface area (Å²) in [6.45, 7) is 4.29. The Morgan fingerprint density at radius 3 is 3.00 bits per heavy atom. The number of nitrogens with one attached hydrogen (secondary N) is 1. The number of amidine groups is 1. The van der Waals surface area contributed by atoms with E-state index in [9.17, 15) is 4.39 Å². The van der Waals surface area contributed by atoms with Crippen LogP contribution in [-0.4, -0.2) is 16.5 Å². The lowest BCUT2D eigenvalue weighted by atomic mass is 9.97. The third-order valence-corrected chi connectivity index (χ3v) is 4.36. The van der Waals surface area contributed by atoms with Crippen molar-refractivity contribution in [3.63, 3.8) is 0 Å². The second-order valence-electron chi connectivity index (χ2n) is 4.62. The molecule has 18 heavy (non-hydrogen) atoms. The molecular formula is C13H16ClFN2S. The van der Waals surface area contributed by atoms with Crippen LogP contribution in [-0.2, 0) is 0 Å². The van der Waals surface area contributed by atoms with Crippen molar-refractivity contribution in [3.05, 3.63) is 29.0 Å². The van der Waals surface area contributed by atoms with Crippen LogP contribution in [0.3, 0.4) is 0 Å². The van der Waals surface area contributed by atoms with Gasteiger partial charge in [-0.15, -0.1) is 0 Å². The van der Waals surface area contributed by atoms with Gasteiger partial charge in [0.2, 0.25) is 0 Å². The molecular weight excluding hydrogens is 271 g/mol. The molecule has 0 aliphatic carbocycles. The molecule has 0 saturated carbocycles. The Balaban J connectivity index is 2.16. The molecule has 1 aliphatic heterocycles. The summed E-state index contributed by atoms with van der Waals surface area (Å²) in [6.07, 6.45) is 2.09. The predicted octanol–water partition coefficient (Wildman–Crippen LogP) is 4.55. The van der Waals surface area contributed by atoms with E-state index in [1.54, 1.807) is 23.9 Å². The van der Waals surface area contributed by atoms with Gasteiger partial charge in [-0.05, 0) is 38.0 Å². The summed E-state index contributed by atoms with van der Waals surface area (Å²) in [5.74, 6) is 0.619. The van der Waals surface area contributed by atoms with Gasteiger partial charge in [-0.25, -0.2) is 4.39 Å². The van der Waals surface area contributed by atoms with Crippen molar-refractivity contribution in [2.75, 3.05) is 11.1 Å². The molecule has 98 valence electrons. The molecule has 1 atom stereocenters. The molecule has 5 heteroatoms. The number of benzene rings is 1. The van der Waals surface area contributed by atoms with Gasteiger partial charge in [0.05, 0.1) is 10.6 Å². The summed E-state index contributed by atoms with van der Waals surface area (Å²) in [7, 11) is 0. The molecule has 0 amide bonds. The summed E-state index contributed by atoms with van der Waals surface area (Å²) in [4.78, 5) is 4.69. The minimum absolute atomic E-state index is 0.00144. The second-order valence-corrected chi connectivity index (χ2v) is 6.11. The van der Waals surface area contributed by atoms with Gasteiger partial charge >= 0.3 is 0 Å². The molecule has 1 heterocycles. The van der Waals surface area contributed by atoms with E-state index in [1.165, 1.54) is 6.07 Å². The van der Waals surface area contributed by atoms with Crippen molar-refractivity contribution in [1.82, 2.24) is 0 Å². The van der Waals surface area contributed by atoms with E-state index in [0.29, 0.717) is 5.69 Å². The van der Waals surface area contributed by atoms with Crippen molar-refractivity contribution in [1.29, 1.82) is 0 Å². The maximum atomic E-state index is 13.3. The van der Waals surface area contributed by atoms with Crippen molar-refractivity contribution >= 4 is 34.2 Å². The zero-order chi connectivity index (χ0) is 13.2. The van der Waals surface area contributed by atoms with Gasteiger partial charge in [0.25, 0.3) is 0 Å². The quantitative estimate of drug-likeness (QED) is 0.862. The fourth-order valence-electron chi connectivity index (χ4n) is 1.72. The predicted molar refractivity (Wildman–Crippen MR) is 78.2 cm³/mol. The monoisotopic (exact) mass is 286 g/mol. The highest BCUT2D eigenvalue weighted by atomic mass is 35.5. The van der Waals surface area contributed by atoms with Gasteiger partial charge < -0.3 is 5.32 Å². The lowest BCUT2D eigenvalue weighted by Gasteiger charge is -2.29. The van der Waals surface area contributed by atoms with Gasteiger partial charge in [0, 0.05) is 11.4 Å². The molecule has 2 rings (SSSR count). The number of aliphatic imine (C=N–C) groups is 1. The number of anilines is 1. The van der Waals surface area contributed by atoms with Crippen LogP contribution in [0.25, 0.3) is 0 Å². The molecule has 0 spiro atoms. The standard InChI is InChI=1S/C13H16ClFN2S/c1-3-13(2)6-7-18-12(17-13)16-9-4-5-10(14)11(15)8-9/h4-5,8H,3,6-7H2,1-2H3,(H,16,17). The summed E-state index contributed by atoms with van der Waals surface area (Å²) >= 11 is 7.32. The Morgan fingerprint density at radius 1 is 1.56 bits per heavy atom. The molecule has 1 unspecified atom stereocenters. The first-order valence-electron chi connectivity index (χ1n) is 5.97. The van der Waals surface area contributed by atoms with Crippen LogP contribution in [0.1, 0.15) is 26.7 Å². The molecule has 1 aromatic carbocycles. The Morgan fingerprint density at radius 2 is 2.33 bits per heavy atom. The first-order valence-corrected chi connectivity index (χ1v) is 7.33. The molecule has 2 nitrogen and oxygen atoms in total. The molecule has 0 fully saturated rings. The van der Waals surface area contributed by atoms with Crippen LogP contribution in [0.2, 0.25) is 5.02 Å². The zero-order valence-corrected chi connectivity index (χ0v) is 12.0. The molecule has 0 radical (unpaired) electrons. The molecule has 1 aliphatic rings. The van der Waals surface area contributed by atoms with Crippen molar-refractivity contribution in [3.8, 4) is 0 Å². The summed E-state index contributed by atoms with van der Waals surface area (Å²) in [6, 6.07) is 4.70. The molecule has 1 aromatic rings. The van der Waals surface area contributed by atoms with Crippen LogP contribution in [0.5, 0.6) is 0 Å². The highest BCUT2D eigenvalue weighted by molar-refractivity contribution is 8.14. The number of nitrogens with zero attached hydrogens (tertiary/aromatic N) is 1. The molecule has 0 saturated heterocycles. The average Bonchev–Trinajstić information content (AvgIpc) is 2.34. The van der Waals surface area contributed by atoms with E-state index >= 15 is 0 Å². The van der Waals surface area contributed by atoms with Crippen molar-refractivity contribution < 1.29 is 4.39 Å². The first kappa shape index (κ1) is 13.7. The molecule has 0 bridgehead atoms. The summed E-state index contributed by atoms with van der Waals surface area (Å²) in [5.41, 5.74) is 0.682. The van der Waals surface area contributed by atoms with E-state index in [0.717, 1.165) is 23.8 Å². The number of halogens is 2. The Labute approximate surface area is 116 Å². The minimum Gasteiger partial charge on any atom is -0.335 e. The van der Waals surface area contributed by atoms with E-state index in [1.807, 2.05) is 0 Å². The van der Waals surface area contributed by atoms with Crippen LogP contribution < -0.4 is 5.32 Å². The fraction of sp³-hybridized carbons (Fsp3) is 0.462. The number of thioether (sulfide) groups is 1. The SMILES string of the molecule is CCC1(C)CCSC(Nc2ccc(Cl)c(F)c2)=N1. The third kappa shape index (κ3) is 3.18. The normalized spacial score (nSPS) is 23.7. The van der Waals surface area contributed by atoms with E-state index in [-0.39, 0.29) is 10.6 Å². The van der Waals surface area contributed by atoms with E-state index in [4.69, 9.17) is 16.6 Å². The first-order chi connectivity index (χ1) is 8.52. The van der Waals surface area contributed by atoms with E-state index < -0.39 is 5.82 Å². The summed E-state index contributed by atoms with van der Waals surface area (Å²) in [5, 5.41) is 4.14. The lowest BCUT2D eigenvalue weighted by Crippen LogP contribution is -2.29. The molecule has 0 aromatic heterocycles. The van der Waals surface area contributed by atoms with Crippen molar-refractivity contribution in [2.24, 2.45) is 4.99 Å². The topological polar surface area (TPSA) is 24.4 Å².